The van der Waals surface area contributed by atoms with E-state index in [1.807, 2.05) is 42.5 Å². The molecule has 0 radical (unpaired) electrons. The van der Waals surface area contributed by atoms with Crippen molar-refractivity contribution in [3.8, 4) is 0 Å². The summed E-state index contributed by atoms with van der Waals surface area (Å²) in [4.78, 5) is 25.7. The zero-order valence-corrected chi connectivity index (χ0v) is 15.1. The van der Waals surface area contributed by atoms with Crippen molar-refractivity contribution in [3.63, 3.8) is 0 Å². The van der Waals surface area contributed by atoms with Gasteiger partial charge >= 0.3 is 6.09 Å². The third-order valence-corrected chi connectivity index (χ3v) is 4.66. The van der Waals surface area contributed by atoms with E-state index >= 15 is 0 Å². The van der Waals surface area contributed by atoms with Gasteiger partial charge in [-0.2, -0.15) is 0 Å². The number of hydrogen-bond donors (Lipinski definition) is 1. The van der Waals surface area contributed by atoms with Crippen molar-refractivity contribution in [1.29, 1.82) is 0 Å². The van der Waals surface area contributed by atoms with Gasteiger partial charge in [-0.1, -0.05) is 44.2 Å². The van der Waals surface area contributed by atoms with Crippen LogP contribution in [0.3, 0.4) is 0 Å². The fraction of sp³-hybridized carbons (Fsp3) is 0.333. The molecule has 26 heavy (non-hydrogen) atoms. The molecule has 5 heteroatoms. The summed E-state index contributed by atoms with van der Waals surface area (Å²) < 4.78 is 4.94. The Morgan fingerprint density at radius 1 is 1.12 bits per heavy atom. The quantitative estimate of drug-likeness (QED) is 0.838. The van der Waals surface area contributed by atoms with Crippen molar-refractivity contribution in [1.82, 2.24) is 0 Å². The van der Waals surface area contributed by atoms with Gasteiger partial charge in [0, 0.05) is 17.8 Å². The van der Waals surface area contributed by atoms with E-state index in [0.717, 1.165) is 11.4 Å². The maximum atomic E-state index is 12.5. The van der Waals surface area contributed by atoms with Crippen LogP contribution in [0.25, 0.3) is 0 Å². The van der Waals surface area contributed by atoms with Crippen LogP contribution in [0.1, 0.15) is 31.7 Å². The molecule has 0 bridgehead atoms. The molecule has 5 nitrogen and oxygen atoms in total. The summed E-state index contributed by atoms with van der Waals surface area (Å²) in [6.07, 6.45) is 0.103. The van der Waals surface area contributed by atoms with Gasteiger partial charge in [-0.15, -0.1) is 0 Å². The van der Waals surface area contributed by atoms with Crippen molar-refractivity contribution < 1.29 is 14.3 Å². The number of carbonyl (C=O) groups excluding carboxylic acids is 2. The van der Waals surface area contributed by atoms with Gasteiger partial charge in [0.2, 0.25) is 5.91 Å². The Bertz CT molecular complexity index is 757. The number of amides is 2. The molecular formula is C21H24N2O3. The number of benzene rings is 2. The van der Waals surface area contributed by atoms with Crippen LogP contribution in [-0.4, -0.2) is 25.2 Å². The van der Waals surface area contributed by atoms with Crippen LogP contribution in [0.15, 0.2) is 54.6 Å². The molecule has 1 N–H and O–H groups in total. The molecule has 1 aliphatic heterocycles. The van der Waals surface area contributed by atoms with Gasteiger partial charge in [0.1, 0.15) is 6.61 Å². The normalized spacial score (nSPS) is 15.0. The van der Waals surface area contributed by atoms with Crippen LogP contribution in [0.2, 0.25) is 0 Å². The number of carbonyl (C=O) groups is 2. The second-order valence-electron chi connectivity index (χ2n) is 6.83. The molecule has 1 saturated heterocycles. The molecule has 0 aromatic heterocycles. The Morgan fingerprint density at radius 2 is 1.81 bits per heavy atom. The largest absolute Gasteiger partial charge is 0.447 e. The Kier molecular flexibility index (Phi) is 5.56. The first-order valence-electron chi connectivity index (χ1n) is 8.94. The predicted molar refractivity (Wildman–Crippen MR) is 102 cm³/mol. The highest BCUT2D eigenvalue weighted by atomic mass is 16.6. The van der Waals surface area contributed by atoms with Crippen LogP contribution in [0, 0.1) is 5.92 Å². The second kappa shape index (κ2) is 8.04. The lowest BCUT2D eigenvalue weighted by atomic mass is 9.85. The number of rotatable bonds is 6. The topological polar surface area (TPSA) is 58.6 Å². The van der Waals surface area contributed by atoms with Crippen LogP contribution < -0.4 is 10.2 Å². The van der Waals surface area contributed by atoms with Crippen molar-refractivity contribution in [2.45, 2.75) is 26.2 Å². The average molecular weight is 352 g/mol. The maximum absolute atomic E-state index is 12.5. The first kappa shape index (κ1) is 18.0. The van der Waals surface area contributed by atoms with Gasteiger partial charge in [0.05, 0.1) is 6.54 Å². The zero-order chi connectivity index (χ0) is 18.5. The Labute approximate surface area is 154 Å². The fourth-order valence-corrected chi connectivity index (χ4v) is 3.20. The number of hydrogen-bond acceptors (Lipinski definition) is 3. The Morgan fingerprint density at radius 3 is 2.38 bits per heavy atom. The lowest BCUT2D eigenvalue weighted by Gasteiger charge is -2.21. The van der Waals surface area contributed by atoms with E-state index in [0.29, 0.717) is 25.5 Å². The number of nitrogens with one attached hydrogen (secondary N) is 1. The highest BCUT2D eigenvalue weighted by molar-refractivity contribution is 5.92. The number of nitrogens with zero attached hydrogens (tertiary/aromatic N) is 1. The maximum Gasteiger partial charge on any atom is 0.414 e. The summed E-state index contributed by atoms with van der Waals surface area (Å²) in [5, 5.41) is 2.95. The SMILES string of the molecule is CC(C)C(CC(=O)Nc1ccc(N2CCOC2=O)cc1)c1ccccc1. The summed E-state index contributed by atoms with van der Waals surface area (Å²) in [5.74, 6) is 0.530. The van der Waals surface area contributed by atoms with E-state index < -0.39 is 0 Å². The number of anilines is 2. The molecule has 0 saturated carbocycles. The van der Waals surface area contributed by atoms with Crippen molar-refractivity contribution in [2.24, 2.45) is 5.92 Å². The fourth-order valence-electron chi connectivity index (χ4n) is 3.20. The van der Waals surface area contributed by atoms with Crippen LogP contribution in [0.5, 0.6) is 0 Å². The molecule has 2 amide bonds. The van der Waals surface area contributed by atoms with E-state index in [-0.39, 0.29) is 17.9 Å². The molecule has 1 heterocycles. The number of cyclic esters (lactones) is 1. The highest BCUT2D eigenvalue weighted by Gasteiger charge is 2.23. The van der Waals surface area contributed by atoms with Gasteiger partial charge in [-0.05, 0) is 41.7 Å². The number of ether oxygens (including phenoxy) is 1. The lowest BCUT2D eigenvalue weighted by molar-refractivity contribution is -0.116. The first-order chi connectivity index (χ1) is 12.5. The van der Waals surface area contributed by atoms with E-state index in [9.17, 15) is 9.59 Å². The standard InChI is InChI=1S/C21H24N2O3/c1-15(2)19(16-6-4-3-5-7-16)14-20(24)22-17-8-10-18(11-9-17)23-12-13-26-21(23)25/h3-11,15,19H,12-14H2,1-2H3,(H,22,24). The zero-order valence-electron chi connectivity index (χ0n) is 15.1. The molecule has 1 unspecified atom stereocenters. The highest BCUT2D eigenvalue weighted by Crippen LogP contribution is 2.28. The van der Waals surface area contributed by atoms with Gasteiger partial charge < -0.3 is 10.1 Å². The van der Waals surface area contributed by atoms with Crippen LogP contribution >= 0.6 is 0 Å². The monoisotopic (exact) mass is 352 g/mol. The van der Waals surface area contributed by atoms with Crippen molar-refractivity contribution in [3.05, 3.63) is 60.2 Å². The lowest BCUT2D eigenvalue weighted by Crippen LogP contribution is -2.23. The third-order valence-electron chi connectivity index (χ3n) is 4.66. The van der Waals surface area contributed by atoms with Gasteiger partial charge in [0.15, 0.2) is 0 Å². The van der Waals surface area contributed by atoms with Crippen LogP contribution in [-0.2, 0) is 9.53 Å². The Balaban J connectivity index is 1.63. The molecule has 3 rings (SSSR count). The Hall–Kier alpha value is -2.82. The summed E-state index contributed by atoms with van der Waals surface area (Å²) in [6.45, 7) is 5.23. The predicted octanol–water partition coefficient (Wildman–Crippen LogP) is 4.41. The first-order valence-corrected chi connectivity index (χ1v) is 8.94. The minimum atomic E-state index is -0.329. The van der Waals surface area contributed by atoms with E-state index in [4.69, 9.17) is 4.74 Å². The minimum Gasteiger partial charge on any atom is -0.447 e. The van der Waals surface area contributed by atoms with E-state index in [1.54, 1.807) is 4.90 Å². The van der Waals surface area contributed by atoms with Crippen molar-refractivity contribution >= 4 is 23.4 Å². The second-order valence-corrected chi connectivity index (χ2v) is 6.83. The minimum absolute atomic E-state index is 0.0131. The van der Waals surface area contributed by atoms with Crippen LogP contribution in [0.4, 0.5) is 16.2 Å². The summed E-state index contributed by atoms with van der Waals surface area (Å²) in [7, 11) is 0. The molecule has 2 aromatic rings. The molecule has 1 atom stereocenters. The van der Waals surface area contributed by atoms with Gasteiger partial charge in [0.25, 0.3) is 0 Å². The molecule has 136 valence electrons. The van der Waals surface area contributed by atoms with E-state index in [1.165, 1.54) is 5.56 Å². The van der Waals surface area contributed by atoms with Gasteiger partial charge in [-0.25, -0.2) is 4.79 Å². The summed E-state index contributed by atoms with van der Waals surface area (Å²) >= 11 is 0. The average Bonchev–Trinajstić information content (AvgIpc) is 3.07. The molecule has 2 aromatic carbocycles. The molecule has 1 fully saturated rings. The molecular weight excluding hydrogens is 328 g/mol. The van der Waals surface area contributed by atoms with Crippen molar-refractivity contribution in [2.75, 3.05) is 23.4 Å². The summed E-state index contributed by atoms with van der Waals surface area (Å²) in [6, 6.07) is 17.4. The smallest absolute Gasteiger partial charge is 0.414 e. The molecule has 0 aliphatic carbocycles. The molecule has 1 aliphatic rings. The molecule has 0 spiro atoms. The summed E-state index contributed by atoms with van der Waals surface area (Å²) in [5.41, 5.74) is 2.68. The van der Waals surface area contributed by atoms with E-state index in [2.05, 4.69) is 31.3 Å². The third kappa shape index (κ3) is 4.23. The van der Waals surface area contributed by atoms with Gasteiger partial charge in [-0.3, -0.25) is 9.69 Å².